The van der Waals surface area contributed by atoms with Crippen LogP contribution in [0.2, 0.25) is 0 Å². The third-order valence-electron chi connectivity index (χ3n) is 3.05. The summed E-state index contributed by atoms with van der Waals surface area (Å²) >= 11 is 0. The second kappa shape index (κ2) is 3.83. The van der Waals surface area contributed by atoms with Crippen LogP contribution in [0, 0.1) is 6.92 Å². The Balaban J connectivity index is 1.98. The van der Waals surface area contributed by atoms with Crippen LogP contribution in [0.25, 0.3) is 0 Å². The van der Waals surface area contributed by atoms with Crippen molar-refractivity contribution in [3.63, 3.8) is 0 Å². The smallest absolute Gasteiger partial charge is 0.358 e. The van der Waals surface area contributed by atoms with E-state index >= 15 is 0 Å². The molecule has 0 atom stereocenters. The number of anilines is 1. The van der Waals surface area contributed by atoms with Gasteiger partial charge in [0.2, 0.25) is 0 Å². The number of carbonyl (C=O) groups is 1. The molecule has 0 bridgehead atoms. The largest absolute Gasteiger partial charge is 0.476 e. The molecule has 3 rings (SSSR count). The molecular weight excluding hydrogens is 232 g/mol. The van der Waals surface area contributed by atoms with Crippen LogP contribution >= 0.6 is 0 Å². The van der Waals surface area contributed by atoms with Gasteiger partial charge in [-0.15, -0.1) is 5.10 Å². The third kappa shape index (κ3) is 1.62. The van der Waals surface area contributed by atoms with E-state index in [1.165, 1.54) is 22.1 Å². The lowest BCUT2D eigenvalue weighted by atomic mass is 10.1. The number of hydrogen-bond donors (Lipinski definition) is 1. The van der Waals surface area contributed by atoms with Crippen LogP contribution in [0.3, 0.4) is 0 Å². The summed E-state index contributed by atoms with van der Waals surface area (Å²) in [7, 11) is 0. The van der Waals surface area contributed by atoms with E-state index in [4.69, 9.17) is 5.11 Å². The zero-order valence-electron chi connectivity index (χ0n) is 9.87. The molecule has 6 nitrogen and oxygen atoms in total. The van der Waals surface area contributed by atoms with Crippen molar-refractivity contribution in [2.24, 2.45) is 0 Å². The van der Waals surface area contributed by atoms with Crippen molar-refractivity contribution in [1.82, 2.24) is 15.1 Å². The highest BCUT2D eigenvalue weighted by Crippen LogP contribution is 2.28. The molecule has 0 spiro atoms. The molecule has 2 heterocycles. The highest BCUT2D eigenvalue weighted by Gasteiger charge is 2.22. The van der Waals surface area contributed by atoms with E-state index in [0.29, 0.717) is 0 Å². The van der Waals surface area contributed by atoms with Gasteiger partial charge >= 0.3 is 5.97 Å². The Bertz CT molecular complexity index is 620. The number of fused-ring (bicyclic) bond motifs is 1. The molecule has 0 aliphatic carbocycles. The third-order valence-corrected chi connectivity index (χ3v) is 3.05. The summed E-state index contributed by atoms with van der Waals surface area (Å²) in [6.07, 6.45) is 2.36. The predicted octanol–water partition coefficient (Wildman–Crippen LogP) is 1.11. The molecule has 18 heavy (non-hydrogen) atoms. The molecule has 0 unspecified atom stereocenters. The number of benzene rings is 1. The number of carboxylic acid groups (broad SMARTS) is 1. The molecule has 1 aliphatic heterocycles. The van der Waals surface area contributed by atoms with Crippen LogP contribution in [0.4, 0.5) is 5.69 Å². The van der Waals surface area contributed by atoms with Crippen LogP contribution in [-0.2, 0) is 6.42 Å². The summed E-state index contributed by atoms with van der Waals surface area (Å²) in [4.78, 5) is 12.3. The van der Waals surface area contributed by atoms with E-state index in [1.807, 2.05) is 17.1 Å². The topological polar surface area (TPSA) is 71.2 Å². The van der Waals surface area contributed by atoms with Gasteiger partial charge in [0.15, 0.2) is 5.69 Å². The SMILES string of the molecule is Cc1ccc2c(c1)CCN2n1cc(C(=O)O)nn1. The minimum atomic E-state index is -1.07. The Morgan fingerprint density at radius 1 is 1.44 bits per heavy atom. The molecule has 92 valence electrons. The maximum Gasteiger partial charge on any atom is 0.358 e. The Hall–Kier alpha value is -2.37. The first-order valence-corrected chi connectivity index (χ1v) is 5.68. The second-order valence-electron chi connectivity index (χ2n) is 4.33. The fraction of sp³-hybridized carbons (Fsp3) is 0.250. The van der Waals surface area contributed by atoms with Crippen LogP contribution in [0.1, 0.15) is 21.6 Å². The van der Waals surface area contributed by atoms with Crippen molar-refractivity contribution in [2.45, 2.75) is 13.3 Å². The normalized spacial score (nSPS) is 13.7. The van der Waals surface area contributed by atoms with Gasteiger partial charge in [-0.05, 0) is 30.2 Å². The van der Waals surface area contributed by atoms with Gasteiger partial charge < -0.3 is 5.11 Å². The van der Waals surface area contributed by atoms with Gasteiger partial charge in [0.25, 0.3) is 0 Å². The van der Waals surface area contributed by atoms with E-state index in [2.05, 4.69) is 23.3 Å². The Labute approximate surface area is 103 Å². The summed E-state index contributed by atoms with van der Waals surface area (Å²) in [5.41, 5.74) is 3.49. The predicted molar refractivity (Wildman–Crippen MR) is 64.6 cm³/mol. The summed E-state index contributed by atoms with van der Waals surface area (Å²) in [5.74, 6) is -1.07. The molecule has 0 fully saturated rings. The standard InChI is InChI=1S/C12H12N4O2/c1-8-2-3-11-9(6-8)4-5-15(11)16-7-10(12(17)18)13-14-16/h2-3,6-7H,4-5H2,1H3,(H,17,18). The van der Waals surface area contributed by atoms with Gasteiger partial charge in [0, 0.05) is 6.54 Å². The monoisotopic (exact) mass is 244 g/mol. The quantitative estimate of drug-likeness (QED) is 0.856. The molecule has 1 aromatic carbocycles. The van der Waals surface area contributed by atoms with Gasteiger partial charge in [-0.1, -0.05) is 17.7 Å². The van der Waals surface area contributed by atoms with E-state index in [1.54, 1.807) is 0 Å². The molecule has 0 radical (unpaired) electrons. The number of rotatable bonds is 2. The molecule has 0 amide bonds. The minimum absolute atomic E-state index is 0.0458. The zero-order chi connectivity index (χ0) is 12.7. The molecule has 1 aromatic heterocycles. The minimum Gasteiger partial charge on any atom is -0.476 e. The lowest BCUT2D eigenvalue weighted by Crippen LogP contribution is -2.28. The summed E-state index contributed by atoms with van der Waals surface area (Å²) < 4.78 is 0. The van der Waals surface area contributed by atoms with Crippen molar-refractivity contribution < 1.29 is 9.90 Å². The Morgan fingerprint density at radius 2 is 2.28 bits per heavy atom. The van der Waals surface area contributed by atoms with Gasteiger partial charge in [0.1, 0.15) is 0 Å². The van der Waals surface area contributed by atoms with E-state index in [9.17, 15) is 4.79 Å². The van der Waals surface area contributed by atoms with Crippen molar-refractivity contribution in [2.75, 3.05) is 11.6 Å². The van der Waals surface area contributed by atoms with Crippen LogP contribution in [0.15, 0.2) is 24.4 Å². The van der Waals surface area contributed by atoms with E-state index in [0.717, 1.165) is 18.7 Å². The molecule has 1 aliphatic rings. The number of aromatic carboxylic acids is 1. The van der Waals surface area contributed by atoms with E-state index in [-0.39, 0.29) is 5.69 Å². The van der Waals surface area contributed by atoms with Gasteiger partial charge in [-0.3, -0.25) is 5.01 Å². The number of hydrogen-bond acceptors (Lipinski definition) is 4. The maximum absolute atomic E-state index is 10.8. The van der Waals surface area contributed by atoms with Crippen LogP contribution < -0.4 is 5.01 Å². The van der Waals surface area contributed by atoms with Crippen molar-refractivity contribution in [1.29, 1.82) is 0 Å². The highest BCUT2D eigenvalue weighted by atomic mass is 16.4. The summed E-state index contributed by atoms with van der Waals surface area (Å²) in [6, 6.07) is 6.20. The summed E-state index contributed by atoms with van der Waals surface area (Å²) in [6.45, 7) is 2.84. The first-order chi connectivity index (χ1) is 8.65. The van der Waals surface area contributed by atoms with Crippen LogP contribution in [0.5, 0.6) is 0 Å². The molecular formula is C12H12N4O2. The number of nitrogens with zero attached hydrogens (tertiary/aromatic N) is 4. The Morgan fingerprint density at radius 3 is 3.00 bits per heavy atom. The van der Waals surface area contributed by atoms with Crippen molar-refractivity contribution >= 4 is 11.7 Å². The molecule has 2 aromatic rings. The van der Waals surface area contributed by atoms with E-state index < -0.39 is 5.97 Å². The fourth-order valence-corrected chi connectivity index (χ4v) is 2.20. The Kier molecular flexibility index (Phi) is 2.29. The number of aromatic nitrogens is 3. The van der Waals surface area contributed by atoms with Gasteiger partial charge in [0.05, 0.1) is 11.9 Å². The number of aryl methyl sites for hydroxylation is 1. The van der Waals surface area contributed by atoms with Crippen molar-refractivity contribution in [3.8, 4) is 0 Å². The molecule has 1 N–H and O–H groups in total. The lowest BCUT2D eigenvalue weighted by Gasteiger charge is -2.17. The van der Waals surface area contributed by atoms with Gasteiger partial charge in [-0.2, -0.15) is 4.79 Å². The zero-order valence-corrected chi connectivity index (χ0v) is 9.87. The average molecular weight is 244 g/mol. The first-order valence-electron chi connectivity index (χ1n) is 5.68. The van der Waals surface area contributed by atoms with Crippen LogP contribution in [-0.4, -0.2) is 32.7 Å². The maximum atomic E-state index is 10.8. The first kappa shape index (κ1) is 10.8. The lowest BCUT2D eigenvalue weighted by molar-refractivity contribution is 0.0690. The number of carboxylic acids is 1. The highest BCUT2D eigenvalue weighted by molar-refractivity contribution is 5.84. The average Bonchev–Trinajstić information content (AvgIpc) is 2.92. The molecule has 0 saturated carbocycles. The summed E-state index contributed by atoms with van der Waals surface area (Å²) in [5, 5.41) is 18.2. The second-order valence-corrected chi connectivity index (χ2v) is 4.33. The van der Waals surface area contributed by atoms with Crippen molar-refractivity contribution in [3.05, 3.63) is 41.2 Å². The fourth-order valence-electron chi connectivity index (χ4n) is 2.20. The molecule has 6 heteroatoms. The van der Waals surface area contributed by atoms with Gasteiger partial charge in [-0.25, -0.2) is 4.79 Å². The molecule has 0 saturated heterocycles.